The molecular weight excluding hydrogens is 252 g/mol. The number of benzene rings is 1. The van der Waals surface area contributed by atoms with Crippen LogP contribution in [0.3, 0.4) is 0 Å². The molecule has 2 rings (SSSR count). The van der Waals surface area contributed by atoms with Crippen molar-refractivity contribution in [2.24, 2.45) is 0 Å². The number of hydrogen-bond acceptors (Lipinski definition) is 3. The molecule has 0 aliphatic carbocycles. The summed E-state index contributed by atoms with van der Waals surface area (Å²) >= 11 is 1.90. The molecule has 0 aliphatic heterocycles. The molecular formula is C16H22N2S. The number of nitrogens with zero attached hydrogens (tertiary/aromatic N) is 1. The molecule has 1 heterocycles. The SMILES string of the molecule is CCNCc1ccc(CN(C)c2ccccc2C)s1. The molecule has 0 amide bonds. The molecule has 0 saturated heterocycles. The zero-order valence-corrected chi connectivity index (χ0v) is 12.8. The summed E-state index contributed by atoms with van der Waals surface area (Å²) in [5, 5.41) is 3.37. The summed E-state index contributed by atoms with van der Waals surface area (Å²) in [4.78, 5) is 5.15. The Balaban J connectivity index is 2.01. The number of rotatable bonds is 6. The average Bonchev–Trinajstić information content (AvgIpc) is 2.84. The zero-order valence-electron chi connectivity index (χ0n) is 11.9. The fourth-order valence-electron chi connectivity index (χ4n) is 2.16. The first-order valence-electron chi connectivity index (χ1n) is 6.75. The van der Waals surface area contributed by atoms with E-state index >= 15 is 0 Å². The Bertz CT molecular complexity index is 519. The first-order chi connectivity index (χ1) is 9.20. The highest BCUT2D eigenvalue weighted by Gasteiger charge is 2.06. The molecule has 102 valence electrons. The minimum absolute atomic E-state index is 0.974. The minimum Gasteiger partial charge on any atom is -0.369 e. The molecule has 0 radical (unpaired) electrons. The summed E-state index contributed by atoms with van der Waals surface area (Å²) in [6.07, 6.45) is 0. The number of thiophene rings is 1. The molecule has 2 nitrogen and oxygen atoms in total. The molecule has 0 atom stereocenters. The maximum absolute atomic E-state index is 3.37. The molecule has 0 spiro atoms. The van der Waals surface area contributed by atoms with Gasteiger partial charge in [0.2, 0.25) is 0 Å². The Morgan fingerprint density at radius 3 is 2.58 bits per heavy atom. The van der Waals surface area contributed by atoms with Crippen LogP contribution in [0.1, 0.15) is 22.2 Å². The van der Waals surface area contributed by atoms with Crippen LogP contribution in [0.5, 0.6) is 0 Å². The quantitative estimate of drug-likeness (QED) is 0.862. The van der Waals surface area contributed by atoms with E-state index in [0.29, 0.717) is 0 Å². The second-order valence-electron chi connectivity index (χ2n) is 4.79. The Morgan fingerprint density at radius 2 is 1.84 bits per heavy atom. The highest BCUT2D eigenvalue weighted by Crippen LogP contribution is 2.23. The second-order valence-corrected chi connectivity index (χ2v) is 6.04. The molecule has 1 aromatic carbocycles. The van der Waals surface area contributed by atoms with Crippen molar-refractivity contribution in [3.05, 3.63) is 51.7 Å². The summed E-state index contributed by atoms with van der Waals surface area (Å²) in [5.41, 5.74) is 2.64. The summed E-state index contributed by atoms with van der Waals surface area (Å²) in [6.45, 7) is 7.28. The highest BCUT2D eigenvalue weighted by molar-refractivity contribution is 7.12. The summed E-state index contributed by atoms with van der Waals surface area (Å²) in [5.74, 6) is 0. The van der Waals surface area contributed by atoms with Gasteiger partial charge in [-0.2, -0.15) is 0 Å². The van der Waals surface area contributed by atoms with Crippen molar-refractivity contribution >= 4 is 17.0 Å². The van der Waals surface area contributed by atoms with Crippen molar-refractivity contribution in [1.82, 2.24) is 5.32 Å². The Kier molecular flexibility index (Phi) is 5.00. The third-order valence-corrected chi connectivity index (χ3v) is 4.26. The number of aryl methyl sites for hydroxylation is 1. The van der Waals surface area contributed by atoms with Gasteiger partial charge in [-0.1, -0.05) is 25.1 Å². The van der Waals surface area contributed by atoms with E-state index in [9.17, 15) is 0 Å². The second kappa shape index (κ2) is 6.73. The molecule has 0 aliphatic rings. The van der Waals surface area contributed by atoms with E-state index in [4.69, 9.17) is 0 Å². The van der Waals surface area contributed by atoms with Crippen molar-refractivity contribution in [3.63, 3.8) is 0 Å². The molecule has 1 aromatic heterocycles. The van der Waals surface area contributed by atoms with E-state index in [-0.39, 0.29) is 0 Å². The van der Waals surface area contributed by atoms with Gasteiger partial charge in [0.25, 0.3) is 0 Å². The lowest BCUT2D eigenvalue weighted by atomic mass is 10.2. The van der Waals surface area contributed by atoms with Crippen LogP contribution in [0.15, 0.2) is 36.4 Å². The van der Waals surface area contributed by atoms with Crippen LogP contribution in [0, 0.1) is 6.92 Å². The van der Waals surface area contributed by atoms with Crippen molar-refractivity contribution in [2.45, 2.75) is 26.9 Å². The van der Waals surface area contributed by atoms with Gasteiger partial charge < -0.3 is 10.2 Å². The van der Waals surface area contributed by atoms with Crippen LogP contribution in [0.4, 0.5) is 5.69 Å². The lowest BCUT2D eigenvalue weighted by Crippen LogP contribution is -2.16. The predicted molar refractivity (Wildman–Crippen MR) is 85.0 cm³/mol. The molecule has 0 bridgehead atoms. The van der Waals surface area contributed by atoms with Crippen LogP contribution in [0.25, 0.3) is 0 Å². The smallest absolute Gasteiger partial charge is 0.0519 e. The zero-order chi connectivity index (χ0) is 13.7. The third kappa shape index (κ3) is 3.82. The standard InChI is InChI=1S/C16H22N2S/c1-4-17-11-14-9-10-15(19-14)12-18(3)16-8-6-5-7-13(16)2/h5-10,17H,4,11-12H2,1-3H3. The number of anilines is 1. The first kappa shape index (κ1) is 14.1. The molecule has 1 N–H and O–H groups in total. The van der Waals surface area contributed by atoms with Gasteiger partial charge >= 0.3 is 0 Å². The Morgan fingerprint density at radius 1 is 1.11 bits per heavy atom. The number of hydrogen-bond donors (Lipinski definition) is 1. The van der Waals surface area contributed by atoms with Gasteiger partial charge in [0.15, 0.2) is 0 Å². The van der Waals surface area contributed by atoms with Gasteiger partial charge in [-0.15, -0.1) is 11.3 Å². The van der Waals surface area contributed by atoms with Gasteiger partial charge in [-0.05, 0) is 37.2 Å². The largest absolute Gasteiger partial charge is 0.369 e. The summed E-state index contributed by atoms with van der Waals surface area (Å²) in [6, 6.07) is 13.0. The van der Waals surface area contributed by atoms with E-state index in [1.165, 1.54) is 21.0 Å². The van der Waals surface area contributed by atoms with E-state index in [2.05, 4.69) is 67.5 Å². The van der Waals surface area contributed by atoms with Crippen LogP contribution in [-0.4, -0.2) is 13.6 Å². The molecule has 19 heavy (non-hydrogen) atoms. The fraction of sp³-hybridized carbons (Fsp3) is 0.375. The molecule has 0 unspecified atom stereocenters. The van der Waals surface area contributed by atoms with Crippen LogP contribution < -0.4 is 10.2 Å². The normalized spacial score (nSPS) is 10.7. The monoisotopic (exact) mass is 274 g/mol. The van der Waals surface area contributed by atoms with Crippen molar-refractivity contribution in [2.75, 3.05) is 18.5 Å². The number of nitrogens with one attached hydrogen (secondary N) is 1. The highest BCUT2D eigenvalue weighted by atomic mass is 32.1. The van der Waals surface area contributed by atoms with Crippen molar-refractivity contribution in [3.8, 4) is 0 Å². The Hall–Kier alpha value is -1.32. The van der Waals surface area contributed by atoms with Crippen LogP contribution in [0.2, 0.25) is 0 Å². The lowest BCUT2D eigenvalue weighted by Gasteiger charge is -2.20. The van der Waals surface area contributed by atoms with Gasteiger partial charge in [0.05, 0.1) is 6.54 Å². The van der Waals surface area contributed by atoms with E-state index in [0.717, 1.165) is 19.6 Å². The Labute approximate surface area is 120 Å². The topological polar surface area (TPSA) is 15.3 Å². The predicted octanol–water partition coefficient (Wildman–Crippen LogP) is 3.80. The lowest BCUT2D eigenvalue weighted by molar-refractivity contribution is 0.735. The van der Waals surface area contributed by atoms with Gasteiger partial charge in [-0.25, -0.2) is 0 Å². The van der Waals surface area contributed by atoms with Crippen molar-refractivity contribution in [1.29, 1.82) is 0 Å². The fourth-order valence-corrected chi connectivity index (χ4v) is 3.20. The molecule has 2 aromatic rings. The van der Waals surface area contributed by atoms with Crippen molar-refractivity contribution < 1.29 is 0 Å². The number of para-hydroxylation sites is 1. The van der Waals surface area contributed by atoms with Crippen LogP contribution in [-0.2, 0) is 13.1 Å². The molecule has 0 saturated carbocycles. The molecule has 3 heteroatoms. The van der Waals surface area contributed by atoms with Gasteiger partial charge in [0, 0.05) is 29.0 Å². The third-order valence-electron chi connectivity index (χ3n) is 3.19. The minimum atomic E-state index is 0.974. The average molecular weight is 274 g/mol. The van der Waals surface area contributed by atoms with E-state index < -0.39 is 0 Å². The van der Waals surface area contributed by atoms with Gasteiger partial charge in [-0.3, -0.25) is 0 Å². The molecule has 0 fully saturated rings. The first-order valence-corrected chi connectivity index (χ1v) is 7.57. The van der Waals surface area contributed by atoms with Gasteiger partial charge in [0.1, 0.15) is 0 Å². The van der Waals surface area contributed by atoms with E-state index in [1.54, 1.807) is 0 Å². The van der Waals surface area contributed by atoms with E-state index in [1.807, 2.05) is 11.3 Å². The van der Waals surface area contributed by atoms with Crippen LogP contribution >= 0.6 is 11.3 Å². The summed E-state index contributed by atoms with van der Waals surface area (Å²) in [7, 11) is 2.16. The maximum atomic E-state index is 3.37. The summed E-state index contributed by atoms with van der Waals surface area (Å²) < 4.78 is 0. The maximum Gasteiger partial charge on any atom is 0.0519 e.